The number of nitrogens with zero attached hydrogens (tertiary/aromatic N) is 1. The van der Waals surface area contributed by atoms with Crippen molar-refractivity contribution in [3.63, 3.8) is 0 Å². The third-order valence-corrected chi connectivity index (χ3v) is 5.58. The fraction of sp³-hybridized carbons (Fsp3) is 0.136. The van der Waals surface area contributed by atoms with E-state index in [0.29, 0.717) is 5.71 Å². The number of hydrazone groups is 1. The first-order valence-corrected chi connectivity index (χ1v) is 10.2. The largest absolute Gasteiger partial charge is 0.276 e. The SMILES string of the molecule is CC(=NNS(=O)(=O)c1ccc(C)cc1)C(c1ccccc1)c1ccccc1. The minimum absolute atomic E-state index is 0.131. The highest BCUT2D eigenvalue weighted by Gasteiger charge is 2.19. The predicted molar refractivity (Wildman–Crippen MR) is 109 cm³/mol. The summed E-state index contributed by atoms with van der Waals surface area (Å²) >= 11 is 0. The van der Waals surface area contributed by atoms with Gasteiger partial charge >= 0.3 is 0 Å². The number of hydrogen-bond donors (Lipinski definition) is 1. The Kier molecular flexibility index (Phi) is 5.72. The highest BCUT2D eigenvalue weighted by atomic mass is 32.2. The van der Waals surface area contributed by atoms with Gasteiger partial charge < -0.3 is 0 Å². The van der Waals surface area contributed by atoms with Gasteiger partial charge in [0.15, 0.2) is 0 Å². The van der Waals surface area contributed by atoms with E-state index < -0.39 is 10.0 Å². The van der Waals surface area contributed by atoms with Crippen LogP contribution in [0.3, 0.4) is 0 Å². The van der Waals surface area contributed by atoms with Gasteiger partial charge in [0.2, 0.25) is 0 Å². The van der Waals surface area contributed by atoms with E-state index in [1.165, 1.54) is 0 Å². The molecule has 0 heterocycles. The van der Waals surface area contributed by atoms with E-state index in [9.17, 15) is 8.42 Å². The van der Waals surface area contributed by atoms with Gasteiger partial charge in [0, 0.05) is 11.6 Å². The van der Waals surface area contributed by atoms with Gasteiger partial charge in [-0.2, -0.15) is 13.5 Å². The van der Waals surface area contributed by atoms with E-state index in [0.717, 1.165) is 16.7 Å². The highest BCUT2D eigenvalue weighted by molar-refractivity contribution is 7.89. The van der Waals surface area contributed by atoms with Crippen molar-refractivity contribution in [1.82, 2.24) is 4.83 Å². The second kappa shape index (κ2) is 8.18. The quantitative estimate of drug-likeness (QED) is 0.508. The lowest BCUT2D eigenvalue weighted by atomic mass is 9.88. The van der Waals surface area contributed by atoms with Crippen molar-refractivity contribution in [2.24, 2.45) is 5.10 Å². The Morgan fingerprint density at radius 3 is 1.78 bits per heavy atom. The Balaban J connectivity index is 1.92. The van der Waals surface area contributed by atoms with Crippen LogP contribution in [0.5, 0.6) is 0 Å². The Bertz CT molecular complexity index is 973. The van der Waals surface area contributed by atoms with Crippen molar-refractivity contribution >= 4 is 15.7 Å². The predicted octanol–water partition coefficient (Wildman–Crippen LogP) is 4.48. The maximum Gasteiger partial charge on any atom is 0.276 e. The third-order valence-electron chi connectivity index (χ3n) is 4.36. The fourth-order valence-electron chi connectivity index (χ4n) is 2.93. The lowest BCUT2D eigenvalue weighted by molar-refractivity contribution is 0.584. The van der Waals surface area contributed by atoms with Gasteiger partial charge in [-0.05, 0) is 37.1 Å². The van der Waals surface area contributed by atoms with Crippen LogP contribution in [0.1, 0.15) is 29.5 Å². The van der Waals surface area contributed by atoms with Gasteiger partial charge in [0.05, 0.1) is 4.90 Å². The average molecular weight is 378 g/mol. The molecule has 0 bridgehead atoms. The molecular formula is C22H22N2O2S. The van der Waals surface area contributed by atoms with Crippen molar-refractivity contribution in [2.75, 3.05) is 0 Å². The van der Waals surface area contributed by atoms with Crippen molar-refractivity contribution in [3.05, 3.63) is 102 Å². The van der Waals surface area contributed by atoms with Crippen LogP contribution in [-0.2, 0) is 10.0 Å². The Labute approximate surface area is 160 Å². The lowest BCUT2D eigenvalue weighted by Crippen LogP contribution is -2.22. The number of nitrogens with one attached hydrogen (secondary N) is 1. The first-order chi connectivity index (χ1) is 13.0. The number of benzene rings is 3. The Morgan fingerprint density at radius 2 is 1.30 bits per heavy atom. The number of sulfonamides is 1. The molecule has 3 aromatic rings. The summed E-state index contributed by atoms with van der Waals surface area (Å²) in [7, 11) is -3.71. The van der Waals surface area contributed by atoms with E-state index in [-0.39, 0.29) is 10.8 Å². The minimum atomic E-state index is -3.71. The molecule has 0 spiro atoms. The summed E-state index contributed by atoms with van der Waals surface area (Å²) in [6, 6.07) is 26.5. The summed E-state index contributed by atoms with van der Waals surface area (Å²) in [5.74, 6) is -0.131. The maximum absolute atomic E-state index is 12.5. The monoisotopic (exact) mass is 378 g/mol. The van der Waals surface area contributed by atoms with Crippen molar-refractivity contribution in [3.8, 4) is 0 Å². The van der Waals surface area contributed by atoms with E-state index in [1.54, 1.807) is 24.3 Å². The summed E-state index contributed by atoms with van der Waals surface area (Å²) in [6.07, 6.45) is 0. The molecule has 0 saturated carbocycles. The molecule has 27 heavy (non-hydrogen) atoms. The van der Waals surface area contributed by atoms with E-state index >= 15 is 0 Å². The molecule has 0 atom stereocenters. The molecule has 0 aliphatic heterocycles. The fourth-order valence-corrected chi connectivity index (χ4v) is 3.80. The van der Waals surface area contributed by atoms with Gasteiger partial charge in [-0.25, -0.2) is 4.83 Å². The van der Waals surface area contributed by atoms with Crippen molar-refractivity contribution in [1.29, 1.82) is 0 Å². The molecule has 1 N–H and O–H groups in total. The molecule has 138 valence electrons. The second-order valence-corrected chi connectivity index (χ2v) is 8.08. The molecule has 0 radical (unpaired) electrons. The minimum Gasteiger partial charge on any atom is -0.200 e. The number of aryl methyl sites for hydroxylation is 1. The zero-order valence-corrected chi connectivity index (χ0v) is 16.1. The highest BCUT2D eigenvalue weighted by Crippen LogP contribution is 2.26. The Morgan fingerprint density at radius 1 is 0.815 bits per heavy atom. The van der Waals surface area contributed by atoms with Crippen LogP contribution in [0.25, 0.3) is 0 Å². The first kappa shape index (κ1) is 18.9. The first-order valence-electron chi connectivity index (χ1n) is 8.70. The smallest absolute Gasteiger partial charge is 0.200 e. The van der Waals surface area contributed by atoms with E-state index in [1.807, 2.05) is 74.5 Å². The zero-order valence-electron chi connectivity index (χ0n) is 15.3. The maximum atomic E-state index is 12.5. The standard InChI is InChI=1S/C22H22N2O2S/c1-17-13-15-21(16-14-17)27(25,26)24-23-18(2)22(19-9-5-3-6-10-19)20-11-7-4-8-12-20/h3-16,22,24H,1-2H3. The summed E-state index contributed by atoms with van der Waals surface area (Å²) < 4.78 is 25.1. The molecule has 4 nitrogen and oxygen atoms in total. The molecule has 0 fully saturated rings. The molecule has 0 aromatic heterocycles. The van der Waals surface area contributed by atoms with E-state index in [2.05, 4.69) is 9.93 Å². The molecule has 0 amide bonds. The van der Waals surface area contributed by atoms with Crippen LogP contribution in [0, 0.1) is 6.92 Å². The van der Waals surface area contributed by atoms with Crippen molar-refractivity contribution < 1.29 is 8.42 Å². The molecule has 0 aliphatic carbocycles. The van der Waals surface area contributed by atoms with Crippen LogP contribution >= 0.6 is 0 Å². The van der Waals surface area contributed by atoms with E-state index in [4.69, 9.17) is 0 Å². The summed E-state index contributed by atoms with van der Waals surface area (Å²) in [5.41, 5.74) is 3.78. The van der Waals surface area contributed by atoms with Crippen molar-refractivity contribution in [2.45, 2.75) is 24.7 Å². The van der Waals surface area contributed by atoms with Gasteiger partial charge in [0.1, 0.15) is 0 Å². The van der Waals surface area contributed by atoms with Gasteiger partial charge in [-0.1, -0.05) is 78.4 Å². The van der Waals surface area contributed by atoms with Crippen LogP contribution < -0.4 is 4.83 Å². The van der Waals surface area contributed by atoms with Gasteiger partial charge in [0.25, 0.3) is 10.0 Å². The summed E-state index contributed by atoms with van der Waals surface area (Å²) in [5, 5.41) is 4.23. The second-order valence-electron chi connectivity index (χ2n) is 6.42. The molecule has 3 aromatic carbocycles. The number of hydrogen-bond acceptors (Lipinski definition) is 3. The topological polar surface area (TPSA) is 58.5 Å². The van der Waals surface area contributed by atoms with Gasteiger partial charge in [-0.3, -0.25) is 0 Å². The molecule has 0 saturated heterocycles. The molecule has 0 unspecified atom stereocenters. The molecule has 0 aliphatic rings. The Hall–Kier alpha value is -2.92. The average Bonchev–Trinajstić information content (AvgIpc) is 2.69. The van der Waals surface area contributed by atoms with Gasteiger partial charge in [-0.15, -0.1) is 0 Å². The molecular weight excluding hydrogens is 356 g/mol. The van der Waals surface area contributed by atoms with Crippen LogP contribution in [0.2, 0.25) is 0 Å². The normalized spacial score (nSPS) is 12.2. The lowest BCUT2D eigenvalue weighted by Gasteiger charge is -2.18. The molecule has 5 heteroatoms. The summed E-state index contributed by atoms with van der Waals surface area (Å²) in [4.78, 5) is 2.57. The molecule has 3 rings (SSSR count). The van der Waals surface area contributed by atoms with Crippen LogP contribution in [0.4, 0.5) is 0 Å². The number of rotatable bonds is 6. The van der Waals surface area contributed by atoms with Crippen LogP contribution in [-0.4, -0.2) is 14.1 Å². The summed E-state index contributed by atoms with van der Waals surface area (Å²) in [6.45, 7) is 3.75. The van der Waals surface area contributed by atoms with Crippen LogP contribution in [0.15, 0.2) is 94.9 Å². The zero-order chi connectivity index (χ0) is 19.3. The third kappa shape index (κ3) is 4.63.